The maximum Gasteiger partial charge on any atom is 0.115 e. The smallest absolute Gasteiger partial charge is 0.115 e. The van der Waals surface area contributed by atoms with Gasteiger partial charge in [-0.1, -0.05) is 6.92 Å². The van der Waals surface area contributed by atoms with Gasteiger partial charge < -0.3 is 5.73 Å². The molecule has 0 bridgehead atoms. The third-order valence-corrected chi connectivity index (χ3v) is 0.961. The number of rotatable bonds is 2. The molecule has 0 saturated carbocycles. The summed E-state index contributed by atoms with van der Waals surface area (Å²) in [4.78, 5) is 0. The Morgan fingerprint density at radius 1 is 1.71 bits per heavy atom. The van der Waals surface area contributed by atoms with Crippen molar-refractivity contribution < 1.29 is 4.39 Å². The molecule has 0 aromatic heterocycles. The Balaban J connectivity index is 3.14. The van der Waals surface area contributed by atoms with Crippen molar-refractivity contribution in [2.24, 2.45) is 5.73 Å². The quantitative estimate of drug-likeness (QED) is 0.558. The predicted octanol–water partition coefficient (Wildman–Crippen LogP) is 1.08. The molecule has 2 atom stereocenters. The van der Waals surface area contributed by atoms with E-state index in [9.17, 15) is 4.39 Å². The lowest BCUT2D eigenvalue weighted by Crippen LogP contribution is -2.26. The molecule has 0 aromatic carbocycles. The predicted molar refractivity (Wildman–Crippen MR) is 28.8 cm³/mol. The average molecular weight is 105 g/mol. The topological polar surface area (TPSA) is 26.0 Å². The van der Waals surface area contributed by atoms with Crippen molar-refractivity contribution in [3.63, 3.8) is 0 Å². The Morgan fingerprint density at radius 3 is 2.14 bits per heavy atom. The highest BCUT2D eigenvalue weighted by atomic mass is 19.1. The third kappa shape index (κ3) is 2.57. The Kier molecular flexibility index (Phi) is 2.92. The van der Waals surface area contributed by atoms with Crippen LogP contribution < -0.4 is 5.73 Å². The highest BCUT2D eigenvalue weighted by Crippen LogP contribution is 1.98. The fourth-order valence-corrected chi connectivity index (χ4v) is 0.372. The first kappa shape index (κ1) is 6.89. The van der Waals surface area contributed by atoms with Crippen LogP contribution in [-0.4, -0.2) is 12.2 Å². The highest BCUT2D eigenvalue weighted by Gasteiger charge is 2.06. The van der Waals surface area contributed by atoms with Crippen LogP contribution in [0.4, 0.5) is 4.39 Å². The van der Waals surface area contributed by atoms with Gasteiger partial charge in [0.25, 0.3) is 0 Å². The molecular weight excluding hydrogens is 93.1 g/mol. The van der Waals surface area contributed by atoms with Crippen LogP contribution in [0.2, 0.25) is 0 Å². The van der Waals surface area contributed by atoms with E-state index in [1.165, 1.54) is 0 Å². The molecule has 2 heteroatoms. The summed E-state index contributed by atoms with van der Waals surface area (Å²) in [6, 6.07) is -0.301. The van der Waals surface area contributed by atoms with Crippen LogP contribution in [0, 0.1) is 0 Å². The van der Waals surface area contributed by atoms with Gasteiger partial charge in [-0.05, 0) is 13.3 Å². The van der Waals surface area contributed by atoms with Crippen LogP contribution >= 0.6 is 0 Å². The minimum atomic E-state index is -0.819. The third-order valence-electron chi connectivity index (χ3n) is 0.961. The summed E-state index contributed by atoms with van der Waals surface area (Å²) in [5.41, 5.74) is 5.17. The lowest BCUT2D eigenvalue weighted by Gasteiger charge is -2.06. The second kappa shape index (κ2) is 2.97. The number of hydrogen-bond acceptors (Lipinski definition) is 1. The summed E-state index contributed by atoms with van der Waals surface area (Å²) in [6.07, 6.45) is -0.294. The van der Waals surface area contributed by atoms with E-state index in [0.29, 0.717) is 6.42 Å². The average Bonchev–Trinajstić information content (AvgIpc) is 1.65. The number of alkyl halides is 1. The normalized spacial score (nSPS) is 18.9. The first-order valence-corrected chi connectivity index (χ1v) is 2.58. The van der Waals surface area contributed by atoms with Crippen molar-refractivity contribution in [3.05, 3.63) is 0 Å². The van der Waals surface area contributed by atoms with E-state index in [2.05, 4.69) is 0 Å². The zero-order valence-electron chi connectivity index (χ0n) is 4.82. The van der Waals surface area contributed by atoms with Crippen molar-refractivity contribution in [2.75, 3.05) is 0 Å². The van der Waals surface area contributed by atoms with Gasteiger partial charge in [-0.15, -0.1) is 0 Å². The standard InChI is InChI=1S/C5H12FN/c1-3-5(6)4(2)7/h4-5H,3,7H2,1-2H3/t4-,5?/m0/s1. The van der Waals surface area contributed by atoms with Gasteiger partial charge in [0.1, 0.15) is 6.17 Å². The van der Waals surface area contributed by atoms with Crippen molar-refractivity contribution >= 4 is 0 Å². The summed E-state index contributed by atoms with van der Waals surface area (Å²) in [6.45, 7) is 3.46. The maximum absolute atomic E-state index is 12.1. The Bertz CT molecular complexity index is 45.3. The molecule has 0 aliphatic heterocycles. The van der Waals surface area contributed by atoms with E-state index >= 15 is 0 Å². The number of nitrogens with two attached hydrogens (primary N) is 1. The summed E-state index contributed by atoms with van der Waals surface area (Å²) in [5, 5.41) is 0. The SMILES string of the molecule is CCC(F)[C@H](C)N. The molecule has 44 valence electrons. The molecule has 0 aliphatic carbocycles. The van der Waals surface area contributed by atoms with Crippen molar-refractivity contribution in [2.45, 2.75) is 32.5 Å². The zero-order chi connectivity index (χ0) is 5.86. The molecular formula is C5H12FN. The highest BCUT2D eigenvalue weighted by molar-refractivity contribution is 4.63. The summed E-state index contributed by atoms with van der Waals surface area (Å²) >= 11 is 0. The lowest BCUT2D eigenvalue weighted by molar-refractivity contribution is 0.284. The fraction of sp³-hybridized carbons (Fsp3) is 1.00. The van der Waals surface area contributed by atoms with Gasteiger partial charge in [0.05, 0.1) is 0 Å². The first-order chi connectivity index (χ1) is 3.18. The van der Waals surface area contributed by atoms with Crippen LogP contribution in [0.15, 0.2) is 0 Å². The molecule has 0 heterocycles. The van der Waals surface area contributed by atoms with E-state index in [0.717, 1.165) is 0 Å². The number of hydrogen-bond donors (Lipinski definition) is 1. The van der Waals surface area contributed by atoms with Crippen LogP contribution in [0.5, 0.6) is 0 Å². The number of halogens is 1. The molecule has 1 unspecified atom stereocenters. The van der Waals surface area contributed by atoms with Gasteiger partial charge in [-0.25, -0.2) is 4.39 Å². The largest absolute Gasteiger partial charge is 0.325 e. The minimum Gasteiger partial charge on any atom is -0.325 e. The van der Waals surface area contributed by atoms with Crippen molar-refractivity contribution in [1.29, 1.82) is 0 Å². The molecule has 0 rings (SSSR count). The lowest BCUT2D eigenvalue weighted by atomic mass is 10.2. The van der Waals surface area contributed by atoms with Crippen LogP contribution in [0.3, 0.4) is 0 Å². The molecule has 0 spiro atoms. The molecule has 0 aliphatic rings. The minimum absolute atomic E-state index is 0.301. The van der Waals surface area contributed by atoms with Crippen LogP contribution in [0.1, 0.15) is 20.3 Å². The molecule has 0 saturated heterocycles. The van der Waals surface area contributed by atoms with E-state index in [1.807, 2.05) is 0 Å². The molecule has 2 N–H and O–H groups in total. The molecule has 0 aromatic rings. The van der Waals surface area contributed by atoms with Crippen molar-refractivity contribution in [3.8, 4) is 0 Å². The fourth-order valence-electron chi connectivity index (χ4n) is 0.372. The van der Waals surface area contributed by atoms with Gasteiger partial charge in [0.15, 0.2) is 0 Å². The van der Waals surface area contributed by atoms with Crippen LogP contribution in [0.25, 0.3) is 0 Å². The summed E-state index contributed by atoms with van der Waals surface area (Å²) < 4.78 is 12.1. The molecule has 0 radical (unpaired) electrons. The van der Waals surface area contributed by atoms with E-state index < -0.39 is 6.17 Å². The molecule has 1 nitrogen and oxygen atoms in total. The zero-order valence-corrected chi connectivity index (χ0v) is 4.82. The van der Waals surface area contributed by atoms with E-state index in [4.69, 9.17) is 5.73 Å². The molecule has 0 fully saturated rings. The van der Waals surface area contributed by atoms with E-state index in [-0.39, 0.29) is 6.04 Å². The van der Waals surface area contributed by atoms with Crippen molar-refractivity contribution in [1.82, 2.24) is 0 Å². The first-order valence-electron chi connectivity index (χ1n) is 2.58. The van der Waals surface area contributed by atoms with Gasteiger partial charge in [-0.2, -0.15) is 0 Å². The summed E-state index contributed by atoms with van der Waals surface area (Å²) in [5.74, 6) is 0. The summed E-state index contributed by atoms with van der Waals surface area (Å²) in [7, 11) is 0. The Hall–Kier alpha value is -0.110. The monoisotopic (exact) mass is 105 g/mol. The second-order valence-corrected chi connectivity index (χ2v) is 1.78. The van der Waals surface area contributed by atoms with Gasteiger partial charge >= 0.3 is 0 Å². The Morgan fingerprint density at radius 2 is 2.14 bits per heavy atom. The maximum atomic E-state index is 12.1. The van der Waals surface area contributed by atoms with Crippen LogP contribution in [-0.2, 0) is 0 Å². The second-order valence-electron chi connectivity index (χ2n) is 1.78. The van der Waals surface area contributed by atoms with E-state index in [1.54, 1.807) is 13.8 Å². The van der Waals surface area contributed by atoms with Gasteiger partial charge in [0.2, 0.25) is 0 Å². The molecule has 0 amide bonds. The Labute approximate surface area is 43.7 Å². The molecule has 7 heavy (non-hydrogen) atoms. The van der Waals surface area contributed by atoms with Gasteiger partial charge in [-0.3, -0.25) is 0 Å². The van der Waals surface area contributed by atoms with Gasteiger partial charge in [0, 0.05) is 6.04 Å².